The van der Waals surface area contributed by atoms with E-state index in [1.165, 1.54) is 4.31 Å². The summed E-state index contributed by atoms with van der Waals surface area (Å²) < 4.78 is 37.9. The Hall–Kier alpha value is -3.11. The minimum Gasteiger partial charge on any atom is -0.493 e. The summed E-state index contributed by atoms with van der Waals surface area (Å²) in [4.78, 5) is 26.5. The number of nitrogens with one attached hydrogen (secondary N) is 1. The number of hydrogen-bond acceptors (Lipinski definition) is 6. The fourth-order valence-electron chi connectivity index (χ4n) is 4.41. The fraction of sp³-hybridized carbons (Fsp3) is 0.417. The van der Waals surface area contributed by atoms with Crippen molar-refractivity contribution in [3.8, 4) is 11.5 Å². The van der Waals surface area contributed by atoms with Gasteiger partial charge in [0.25, 0.3) is 0 Å². The van der Waals surface area contributed by atoms with E-state index in [0.717, 1.165) is 16.8 Å². The second-order valence-corrected chi connectivity index (χ2v) is 10.5. The first-order chi connectivity index (χ1) is 16.3. The monoisotopic (exact) mass is 487 g/mol. The molecule has 1 N–H and O–H groups in total. The van der Waals surface area contributed by atoms with Gasteiger partial charge in [-0.1, -0.05) is 18.2 Å². The van der Waals surface area contributed by atoms with Crippen LogP contribution >= 0.6 is 0 Å². The summed E-state index contributed by atoms with van der Waals surface area (Å²) in [6.45, 7) is 0.888. The first-order valence-electron chi connectivity index (χ1n) is 11.2. The van der Waals surface area contributed by atoms with Crippen molar-refractivity contribution in [3.63, 3.8) is 0 Å². The van der Waals surface area contributed by atoms with Crippen LogP contribution in [0.2, 0.25) is 0 Å². The zero-order valence-corrected chi connectivity index (χ0v) is 20.1. The SMILES string of the molecule is COc1cc2c(cc1OC)CN(S(=O)(=O)CCNC(=O)[C@H]1CC(=O)N(c3ccccc3)C1)CC2. The zero-order valence-electron chi connectivity index (χ0n) is 19.3. The van der Waals surface area contributed by atoms with Crippen LogP contribution in [-0.4, -0.2) is 64.1 Å². The number of nitrogens with zero attached hydrogens (tertiary/aromatic N) is 2. The Morgan fingerprint density at radius 2 is 1.76 bits per heavy atom. The highest BCUT2D eigenvalue weighted by molar-refractivity contribution is 7.89. The molecule has 34 heavy (non-hydrogen) atoms. The third-order valence-electron chi connectivity index (χ3n) is 6.30. The molecule has 2 amide bonds. The van der Waals surface area contributed by atoms with Crippen molar-refractivity contribution >= 4 is 27.5 Å². The topological polar surface area (TPSA) is 105 Å². The number of anilines is 1. The Labute approximate surface area is 199 Å². The molecule has 10 heteroatoms. The summed E-state index contributed by atoms with van der Waals surface area (Å²) in [7, 11) is -0.465. The lowest BCUT2D eigenvalue weighted by Crippen LogP contribution is -2.41. The van der Waals surface area contributed by atoms with Gasteiger partial charge in [-0.3, -0.25) is 9.59 Å². The van der Waals surface area contributed by atoms with Gasteiger partial charge in [0, 0.05) is 38.3 Å². The van der Waals surface area contributed by atoms with E-state index in [2.05, 4.69) is 5.32 Å². The van der Waals surface area contributed by atoms with Gasteiger partial charge in [0.1, 0.15) is 0 Å². The third kappa shape index (κ3) is 5.02. The highest BCUT2D eigenvalue weighted by Gasteiger charge is 2.35. The van der Waals surface area contributed by atoms with Gasteiger partial charge in [0.05, 0.1) is 25.9 Å². The number of rotatable bonds is 8. The van der Waals surface area contributed by atoms with Gasteiger partial charge < -0.3 is 19.7 Å². The molecule has 2 aromatic rings. The maximum atomic E-state index is 12.9. The van der Waals surface area contributed by atoms with Crippen molar-refractivity contribution in [2.24, 2.45) is 5.92 Å². The summed E-state index contributed by atoms with van der Waals surface area (Å²) in [6.07, 6.45) is 0.683. The zero-order chi connectivity index (χ0) is 24.3. The Balaban J connectivity index is 1.32. The van der Waals surface area contributed by atoms with Gasteiger partial charge in [-0.05, 0) is 41.8 Å². The largest absolute Gasteiger partial charge is 0.493 e. The van der Waals surface area contributed by atoms with E-state index in [0.29, 0.717) is 24.5 Å². The molecule has 2 aliphatic rings. The van der Waals surface area contributed by atoms with E-state index in [-0.39, 0.29) is 43.6 Å². The maximum absolute atomic E-state index is 12.9. The summed E-state index contributed by atoms with van der Waals surface area (Å²) in [5.41, 5.74) is 2.67. The molecule has 4 rings (SSSR count). The molecule has 0 spiro atoms. The number of amides is 2. The van der Waals surface area contributed by atoms with Crippen LogP contribution < -0.4 is 19.7 Å². The molecule has 9 nitrogen and oxygen atoms in total. The van der Waals surface area contributed by atoms with Gasteiger partial charge in [-0.15, -0.1) is 0 Å². The van der Waals surface area contributed by atoms with E-state index >= 15 is 0 Å². The quantitative estimate of drug-likeness (QED) is 0.606. The first kappa shape index (κ1) is 24.0. The molecule has 1 saturated heterocycles. The van der Waals surface area contributed by atoms with Crippen LogP contribution in [0, 0.1) is 5.92 Å². The second kappa shape index (κ2) is 10.0. The molecule has 0 bridgehead atoms. The maximum Gasteiger partial charge on any atom is 0.227 e. The van der Waals surface area contributed by atoms with Crippen LogP contribution in [0.1, 0.15) is 17.5 Å². The van der Waals surface area contributed by atoms with E-state index in [4.69, 9.17) is 9.47 Å². The summed E-state index contributed by atoms with van der Waals surface area (Å²) in [5, 5.41) is 2.70. The van der Waals surface area contributed by atoms with Crippen molar-refractivity contribution in [2.75, 3.05) is 44.5 Å². The fourth-order valence-corrected chi connectivity index (χ4v) is 5.74. The molecule has 0 aromatic heterocycles. The molecule has 2 heterocycles. The van der Waals surface area contributed by atoms with E-state index in [1.54, 1.807) is 19.1 Å². The van der Waals surface area contributed by atoms with Crippen molar-refractivity contribution in [1.29, 1.82) is 0 Å². The number of carbonyl (C=O) groups is 2. The van der Waals surface area contributed by atoms with Crippen LogP contribution in [0.25, 0.3) is 0 Å². The smallest absolute Gasteiger partial charge is 0.227 e. The van der Waals surface area contributed by atoms with Crippen molar-refractivity contribution < 1.29 is 27.5 Å². The Morgan fingerprint density at radius 1 is 1.09 bits per heavy atom. The van der Waals surface area contributed by atoms with Crippen LogP contribution in [0.15, 0.2) is 42.5 Å². The summed E-state index contributed by atoms with van der Waals surface area (Å²) in [6, 6.07) is 12.9. The molecule has 1 atom stereocenters. The lowest BCUT2D eigenvalue weighted by atomic mass is 10.0. The molecule has 0 aliphatic carbocycles. The molecule has 2 aliphatic heterocycles. The molecular weight excluding hydrogens is 458 g/mol. The average molecular weight is 488 g/mol. The van der Waals surface area contributed by atoms with Crippen LogP contribution in [-0.2, 0) is 32.6 Å². The third-order valence-corrected chi connectivity index (χ3v) is 8.12. The van der Waals surface area contributed by atoms with E-state index in [1.807, 2.05) is 42.5 Å². The van der Waals surface area contributed by atoms with Gasteiger partial charge in [-0.2, -0.15) is 4.31 Å². The predicted molar refractivity (Wildman–Crippen MR) is 127 cm³/mol. The van der Waals surface area contributed by atoms with Gasteiger partial charge in [0.15, 0.2) is 11.5 Å². The standard InChI is InChI=1S/C24H29N3O6S/c1-32-21-12-17-8-10-26(15-18(17)13-22(21)33-2)34(30,31)11-9-25-24(29)19-14-23(28)27(16-19)20-6-4-3-5-7-20/h3-7,12-13,19H,8-11,14-16H2,1-2H3,(H,25,29)/t19-/m0/s1. The van der Waals surface area contributed by atoms with Crippen molar-refractivity contribution in [3.05, 3.63) is 53.6 Å². The number of benzene rings is 2. The molecule has 0 radical (unpaired) electrons. The normalized spacial score (nSPS) is 18.5. The number of sulfonamides is 1. The predicted octanol–water partition coefficient (Wildman–Crippen LogP) is 1.56. The molecule has 0 saturated carbocycles. The minimum absolute atomic E-state index is 0.00746. The molecular formula is C24H29N3O6S. The van der Waals surface area contributed by atoms with Gasteiger partial charge in [-0.25, -0.2) is 8.42 Å². The highest BCUT2D eigenvalue weighted by Crippen LogP contribution is 2.33. The molecule has 2 aromatic carbocycles. The Bertz CT molecular complexity index is 1170. The molecule has 182 valence electrons. The number of methoxy groups -OCH3 is 2. The van der Waals surface area contributed by atoms with Crippen LogP contribution in [0.4, 0.5) is 5.69 Å². The lowest BCUT2D eigenvalue weighted by molar-refractivity contribution is -0.126. The number of ether oxygens (including phenoxy) is 2. The first-order valence-corrected chi connectivity index (χ1v) is 12.8. The Morgan fingerprint density at radius 3 is 2.44 bits per heavy atom. The molecule has 1 fully saturated rings. The average Bonchev–Trinajstić information content (AvgIpc) is 3.24. The van der Waals surface area contributed by atoms with Crippen LogP contribution in [0.5, 0.6) is 11.5 Å². The highest BCUT2D eigenvalue weighted by atomic mass is 32.2. The number of carbonyl (C=O) groups excluding carboxylic acids is 2. The van der Waals surface area contributed by atoms with Gasteiger partial charge in [0.2, 0.25) is 21.8 Å². The van der Waals surface area contributed by atoms with E-state index < -0.39 is 15.9 Å². The summed E-state index contributed by atoms with van der Waals surface area (Å²) >= 11 is 0. The van der Waals surface area contributed by atoms with Crippen molar-refractivity contribution in [1.82, 2.24) is 9.62 Å². The van der Waals surface area contributed by atoms with Gasteiger partial charge >= 0.3 is 0 Å². The number of fused-ring (bicyclic) bond motifs is 1. The summed E-state index contributed by atoms with van der Waals surface area (Å²) in [5.74, 6) is 0.0604. The minimum atomic E-state index is -3.58. The van der Waals surface area contributed by atoms with E-state index in [9.17, 15) is 18.0 Å². The van der Waals surface area contributed by atoms with Crippen LogP contribution in [0.3, 0.4) is 0 Å². The Kier molecular flexibility index (Phi) is 7.08. The second-order valence-electron chi connectivity index (χ2n) is 8.41. The lowest BCUT2D eigenvalue weighted by Gasteiger charge is -2.29. The van der Waals surface area contributed by atoms with Crippen molar-refractivity contribution in [2.45, 2.75) is 19.4 Å². The number of para-hydroxylation sites is 1. The molecule has 0 unspecified atom stereocenters. The number of hydrogen-bond donors (Lipinski definition) is 1.